The van der Waals surface area contributed by atoms with Gasteiger partial charge in [0.1, 0.15) is 0 Å². The van der Waals surface area contributed by atoms with E-state index in [1.807, 2.05) is 54.7 Å². The maximum Gasteiger partial charge on any atom is 0.254 e. The molecule has 35 heavy (non-hydrogen) atoms. The summed E-state index contributed by atoms with van der Waals surface area (Å²) in [6, 6.07) is 15.2. The molecule has 2 aliphatic heterocycles. The highest BCUT2D eigenvalue weighted by Crippen LogP contribution is 2.44. The Hall–Kier alpha value is -3.16. The van der Waals surface area contributed by atoms with Crippen molar-refractivity contribution in [3.63, 3.8) is 0 Å². The average molecular weight is 474 g/mol. The highest BCUT2D eigenvalue weighted by atomic mass is 16.2. The molecule has 7 nitrogen and oxygen atoms in total. The molecule has 5 rings (SSSR count). The number of carbonyl (C=O) groups is 2. The summed E-state index contributed by atoms with van der Waals surface area (Å²) in [6.45, 7) is 9.36. The normalized spacial score (nSPS) is 21.3. The van der Waals surface area contributed by atoms with Crippen LogP contribution in [0.3, 0.4) is 0 Å². The predicted molar refractivity (Wildman–Crippen MR) is 138 cm³/mol. The smallest absolute Gasteiger partial charge is 0.254 e. The molecule has 184 valence electrons. The number of hydrogen-bond acceptors (Lipinski definition) is 4. The zero-order valence-corrected chi connectivity index (χ0v) is 20.7. The van der Waals surface area contributed by atoms with Crippen molar-refractivity contribution in [3.8, 4) is 0 Å². The molecule has 2 N–H and O–H groups in total. The number of nitrogens with zero attached hydrogens (tertiary/aromatic N) is 3. The summed E-state index contributed by atoms with van der Waals surface area (Å²) < 4.78 is 0. The van der Waals surface area contributed by atoms with E-state index in [1.165, 1.54) is 0 Å². The van der Waals surface area contributed by atoms with Gasteiger partial charge in [0, 0.05) is 68.0 Å². The minimum absolute atomic E-state index is 0.0251. The Morgan fingerprint density at radius 3 is 2.51 bits per heavy atom. The third-order valence-electron chi connectivity index (χ3n) is 7.66. The number of amides is 2. The Morgan fingerprint density at radius 2 is 1.71 bits per heavy atom. The van der Waals surface area contributed by atoms with Crippen LogP contribution in [0.15, 0.2) is 54.7 Å². The molecule has 3 aromatic rings. The topological polar surface area (TPSA) is 71.7 Å². The van der Waals surface area contributed by atoms with E-state index in [0.717, 1.165) is 67.7 Å². The third-order valence-corrected chi connectivity index (χ3v) is 7.66. The molecule has 2 amide bonds. The van der Waals surface area contributed by atoms with Crippen LogP contribution in [0.2, 0.25) is 0 Å². The summed E-state index contributed by atoms with van der Waals surface area (Å²) in [6.07, 6.45) is 2.86. The number of H-pyrrole nitrogens is 1. The van der Waals surface area contributed by atoms with Crippen LogP contribution in [-0.2, 0) is 4.79 Å². The molecule has 1 saturated heterocycles. The summed E-state index contributed by atoms with van der Waals surface area (Å²) in [4.78, 5) is 37.0. The van der Waals surface area contributed by atoms with Gasteiger partial charge in [0.15, 0.2) is 0 Å². The van der Waals surface area contributed by atoms with Crippen molar-refractivity contribution < 1.29 is 9.59 Å². The van der Waals surface area contributed by atoms with Gasteiger partial charge in [0.2, 0.25) is 5.91 Å². The van der Waals surface area contributed by atoms with Crippen LogP contribution in [0.1, 0.15) is 46.8 Å². The van der Waals surface area contributed by atoms with Crippen molar-refractivity contribution in [3.05, 3.63) is 71.4 Å². The molecule has 0 aliphatic carbocycles. The number of nitrogens with one attached hydrogen (secondary N) is 2. The highest BCUT2D eigenvalue weighted by molar-refractivity contribution is 6.02. The van der Waals surface area contributed by atoms with Crippen LogP contribution < -0.4 is 5.32 Å². The van der Waals surface area contributed by atoms with Crippen molar-refractivity contribution >= 4 is 22.7 Å². The van der Waals surface area contributed by atoms with E-state index in [9.17, 15) is 9.59 Å². The van der Waals surface area contributed by atoms with Crippen LogP contribution in [0, 0.1) is 0 Å². The Balaban J connectivity index is 1.35. The van der Waals surface area contributed by atoms with Crippen molar-refractivity contribution in [2.75, 3.05) is 52.9 Å². The average Bonchev–Trinajstić information content (AvgIpc) is 3.32. The molecule has 2 aromatic carbocycles. The van der Waals surface area contributed by atoms with Gasteiger partial charge < -0.3 is 25.0 Å². The third kappa shape index (κ3) is 4.58. The molecule has 0 spiro atoms. The summed E-state index contributed by atoms with van der Waals surface area (Å²) in [5, 5.41) is 4.25. The maximum atomic E-state index is 13.7. The monoisotopic (exact) mass is 473 g/mol. The number of benzene rings is 2. The van der Waals surface area contributed by atoms with Gasteiger partial charge in [-0.3, -0.25) is 9.59 Å². The molecule has 1 fully saturated rings. The Kier molecular flexibility index (Phi) is 6.88. The standard InChI is InChI=1S/C28H35N5O2/c1-3-32-15-17-33(18-16-32)14-8-13-29-27(34)25-21-10-4-5-11-22(21)28(35)31(2)26(25)23-19-30-24-12-7-6-9-20(23)24/h4-7,9-12,19,25-26,30H,3,8,13-18H2,1-2H3,(H,29,34). The van der Waals surface area contributed by atoms with Crippen LogP contribution >= 0.6 is 0 Å². The van der Waals surface area contributed by atoms with Crippen LogP contribution in [-0.4, -0.2) is 84.4 Å². The fourth-order valence-electron chi connectivity index (χ4n) is 5.64. The second kappa shape index (κ2) is 10.2. The molecular formula is C28H35N5O2. The molecule has 2 atom stereocenters. The summed E-state index contributed by atoms with van der Waals surface area (Å²) >= 11 is 0. The van der Waals surface area contributed by atoms with Gasteiger partial charge in [-0.15, -0.1) is 0 Å². The lowest BCUT2D eigenvalue weighted by Crippen LogP contribution is -2.47. The van der Waals surface area contributed by atoms with E-state index in [0.29, 0.717) is 12.1 Å². The molecule has 7 heteroatoms. The number of aromatic amines is 1. The highest BCUT2D eigenvalue weighted by Gasteiger charge is 2.43. The lowest BCUT2D eigenvalue weighted by molar-refractivity contribution is -0.124. The second-order valence-corrected chi connectivity index (χ2v) is 9.64. The number of hydrogen-bond donors (Lipinski definition) is 2. The maximum absolute atomic E-state index is 13.7. The van der Waals surface area contributed by atoms with E-state index < -0.39 is 5.92 Å². The second-order valence-electron chi connectivity index (χ2n) is 9.64. The number of para-hydroxylation sites is 1. The SMILES string of the molecule is CCN1CCN(CCCNC(=O)C2c3ccccc3C(=O)N(C)C2c2c[nH]c3ccccc23)CC1. The number of likely N-dealkylation sites (N-methyl/N-ethyl adjacent to an activating group) is 2. The van der Waals surface area contributed by atoms with Gasteiger partial charge in [0.05, 0.1) is 12.0 Å². The van der Waals surface area contributed by atoms with Crippen molar-refractivity contribution in [2.45, 2.75) is 25.3 Å². The molecule has 2 aliphatic rings. The van der Waals surface area contributed by atoms with Gasteiger partial charge in [-0.25, -0.2) is 0 Å². The number of carbonyl (C=O) groups excluding carboxylic acids is 2. The zero-order chi connectivity index (χ0) is 24.4. The fraction of sp³-hybridized carbons (Fsp3) is 0.429. The first-order valence-corrected chi connectivity index (χ1v) is 12.7. The molecule has 2 unspecified atom stereocenters. The van der Waals surface area contributed by atoms with E-state index in [-0.39, 0.29) is 17.9 Å². The Labute approximate surface area is 207 Å². The van der Waals surface area contributed by atoms with Gasteiger partial charge in [-0.2, -0.15) is 0 Å². The van der Waals surface area contributed by atoms with Crippen molar-refractivity contribution in [2.24, 2.45) is 0 Å². The summed E-state index contributed by atoms with van der Waals surface area (Å²) in [7, 11) is 1.81. The minimum atomic E-state index is -0.471. The number of aromatic nitrogens is 1. The molecular weight excluding hydrogens is 438 g/mol. The molecule has 1 aromatic heterocycles. The number of rotatable bonds is 7. The van der Waals surface area contributed by atoms with E-state index in [4.69, 9.17) is 0 Å². The summed E-state index contributed by atoms with van der Waals surface area (Å²) in [5.74, 6) is -0.546. The van der Waals surface area contributed by atoms with Crippen molar-refractivity contribution in [1.82, 2.24) is 25.0 Å². The quantitative estimate of drug-likeness (QED) is 0.517. The van der Waals surface area contributed by atoms with Crippen molar-refractivity contribution in [1.29, 1.82) is 0 Å². The van der Waals surface area contributed by atoms with Gasteiger partial charge in [0.25, 0.3) is 5.91 Å². The van der Waals surface area contributed by atoms with E-state index in [1.54, 1.807) is 11.9 Å². The molecule has 0 bridgehead atoms. The van der Waals surface area contributed by atoms with Crippen LogP contribution in [0.5, 0.6) is 0 Å². The first kappa shape index (κ1) is 23.6. The Morgan fingerprint density at radius 1 is 1.00 bits per heavy atom. The molecule has 3 heterocycles. The largest absolute Gasteiger partial charge is 0.361 e. The minimum Gasteiger partial charge on any atom is -0.361 e. The van der Waals surface area contributed by atoms with Gasteiger partial charge >= 0.3 is 0 Å². The first-order chi connectivity index (χ1) is 17.1. The number of fused-ring (bicyclic) bond motifs is 2. The van der Waals surface area contributed by atoms with Gasteiger partial charge in [-0.1, -0.05) is 43.3 Å². The summed E-state index contributed by atoms with van der Waals surface area (Å²) in [5.41, 5.74) is 3.39. The predicted octanol–water partition coefficient (Wildman–Crippen LogP) is 3.22. The lowest BCUT2D eigenvalue weighted by Gasteiger charge is -2.39. The lowest BCUT2D eigenvalue weighted by atomic mass is 9.79. The van der Waals surface area contributed by atoms with E-state index in [2.05, 4.69) is 27.0 Å². The van der Waals surface area contributed by atoms with E-state index >= 15 is 0 Å². The van der Waals surface area contributed by atoms with Crippen LogP contribution in [0.25, 0.3) is 10.9 Å². The number of piperazine rings is 1. The first-order valence-electron chi connectivity index (χ1n) is 12.7. The molecule has 0 saturated carbocycles. The molecule has 0 radical (unpaired) electrons. The Bertz CT molecular complexity index is 1200. The fourth-order valence-corrected chi connectivity index (χ4v) is 5.64. The zero-order valence-electron chi connectivity index (χ0n) is 20.7. The van der Waals surface area contributed by atoms with Gasteiger partial charge in [-0.05, 0) is 37.2 Å². The van der Waals surface area contributed by atoms with Crippen LogP contribution in [0.4, 0.5) is 0 Å².